The number of carbonyl (C=O) groups is 1. The van der Waals surface area contributed by atoms with Crippen molar-refractivity contribution in [2.24, 2.45) is 0 Å². The molecule has 0 aliphatic carbocycles. The Bertz CT molecular complexity index is 629. The van der Waals surface area contributed by atoms with Crippen molar-refractivity contribution < 1.29 is 9.53 Å². The number of nitrogens with one attached hydrogen (secondary N) is 1. The smallest absolute Gasteiger partial charge is 0.259 e. The van der Waals surface area contributed by atoms with Gasteiger partial charge in [0, 0.05) is 5.02 Å². The van der Waals surface area contributed by atoms with Crippen molar-refractivity contribution in [3.63, 3.8) is 0 Å². The molecule has 0 bridgehead atoms. The Morgan fingerprint density at radius 3 is 2.65 bits per heavy atom. The molecular weight excluding hydrogens is 297 g/mol. The van der Waals surface area contributed by atoms with Crippen molar-refractivity contribution in [3.8, 4) is 5.75 Å². The minimum atomic E-state index is -0.279. The quantitative estimate of drug-likeness (QED) is 0.893. The van der Waals surface area contributed by atoms with Crippen molar-refractivity contribution >= 4 is 34.8 Å². The summed E-state index contributed by atoms with van der Waals surface area (Å²) in [4.78, 5) is 12.3. The van der Waals surface area contributed by atoms with Crippen molar-refractivity contribution in [1.29, 1.82) is 0 Å². The predicted molar refractivity (Wildman–Crippen MR) is 82.0 cm³/mol. The zero-order chi connectivity index (χ0) is 14.5. The lowest BCUT2D eigenvalue weighted by molar-refractivity contribution is 0.102. The fourth-order valence-corrected chi connectivity index (χ4v) is 2.17. The van der Waals surface area contributed by atoms with Gasteiger partial charge >= 0.3 is 0 Å². The number of carbonyl (C=O) groups excluding carboxylic acids is 1. The van der Waals surface area contributed by atoms with Gasteiger partial charge in [0.25, 0.3) is 5.91 Å². The molecule has 0 aliphatic heterocycles. The molecule has 0 unspecified atom stereocenters. The van der Waals surface area contributed by atoms with Gasteiger partial charge in [-0.1, -0.05) is 35.3 Å². The van der Waals surface area contributed by atoms with Crippen LogP contribution in [-0.4, -0.2) is 12.5 Å². The van der Waals surface area contributed by atoms with E-state index >= 15 is 0 Å². The van der Waals surface area contributed by atoms with Crippen molar-refractivity contribution in [1.82, 2.24) is 0 Å². The van der Waals surface area contributed by atoms with Crippen LogP contribution in [0.1, 0.15) is 17.3 Å². The summed E-state index contributed by atoms with van der Waals surface area (Å²) in [6, 6.07) is 11.9. The predicted octanol–water partition coefficient (Wildman–Crippen LogP) is 4.64. The summed E-state index contributed by atoms with van der Waals surface area (Å²) in [6.45, 7) is 2.36. The molecule has 0 saturated carbocycles. The lowest BCUT2D eigenvalue weighted by Gasteiger charge is -2.11. The van der Waals surface area contributed by atoms with Crippen LogP contribution < -0.4 is 10.1 Å². The summed E-state index contributed by atoms with van der Waals surface area (Å²) in [5, 5.41) is 3.65. The molecular formula is C15H13Cl2NO2. The topological polar surface area (TPSA) is 38.3 Å². The van der Waals surface area contributed by atoms with E-state index in [-0.39, 0.29) is 5.91 Å². The number of ether oxygens (including phenoxy) is 1. The zero-order valence-corrected chi connectivity index (χ0v) is 12.3. The summed E-state index contributed by atoms with van der Waals surface area (Å²) in [7, 11) is 0. The van der Waals surface area contributed by atoms with E-state index in [9.17, 15) is 4.79 Å². The van der Waals surface area contributed by atoms with E-state index in [1.807, 2.05) is 13.0 Å². The average molecular weight is 310 g/mol. The summed E-state index contributed by atoms with van der Waals surface area (Å²) >= 11 is 11.9. The highest BCUT2D eigenvalue weighted by Crippen LogP contribution is 2.27. The van der Waals surface area contributed by atoms with Crippen LogP contribution in [0.15, 0.2) is 42.5 Å². The van der Waals surface area contributed by atoms with Crippen molar-refractivity contribution in [2.45, 2.75) is 6.92 Å². The van der Waals surface area contributed by atoms with E-state index in [2.05, 4.69) is 5.32 Å². The van der Waals surface area contributed by atoms with Crippen molar-refractivity contribution in [2.75, 3.05) is 11.9 Å². The molecule has 0 aromatic heterocycles. The fourth-order valence-electron chi connectivity index (χ4n) is 1.72. The third-order valence-corrected chi connectivity index (χ3v) is 3.16. The summed E-state index contributed by atoms with van der Waals surface area (Å²) in [5.74, 6) is 0.260. The maximum absolute atomic E-state index is 12.3. The van der Waals surface area contributed by atoms with Gasteiger partial charge in [0.05, 0.1) is 22.9 Å². The Hall–Kier alpha value is -1.71. The number of halogens is 2. The van der Waals surface area contributed by atoms with Gasteiger partial charge in [-0.05, 0) is 37.3 Å². The molecule has 0 atom stereocenters. The molecule has 2 aromatic rings. The van der Waals surface area contributed by atoms with Gasteiger partial charge in [-0.2, -0.15) is 0 Å². The van der Waals surface area contributed by atoms with Gasteiger partial charge in [-0.3, -0.25) is 4.79 Å². The van der Waals surface area contributed by atoms with Crippen LogP contribution in [0.2, 0.25) is 10.0 Å². The highest BCUT2D eigenvalue weighted by Gasteiger charge is 2.13. The van der Waals surface area contributed by atoms with Crippen LogP contribution in [0.25, 0.3) is 0 Å². The van der Waals surface area contributed by atoms with E-state index in [1.165, 1.54) is 0 Å². The van der Waals surface area contributed by atoms with Crippen LogP contribution in [0, 0.1) is 0 Å². The van der Waals surface area contributed by atoms with E-state index in [4.69, 9.17) is 27.9 Å². The third kappa shape index (κ3) is 3.44. The molecule has 20 heavy (non-hydrogen) atoms. The fraction of sp³-hybridized carbons (Fsp3) is 0.133. The number of para-hydroxylation sites is 1. The zero-order valence-electron chi connectivity index (χ0n) is 10.8. The van der Waals surface area contributed by atoms with Crippen molar-refractivity contribution in [3.05, 3.63) is 58.1 Å². The molecule has 0 spiro atoms. The molecule has 0 fully saturated rings. The van der Waals surface area contributed by atoms with Gasteiger partial charge in [-0.25, -0.2) is 0 Å². The maximum Gasteiger partial charge on any atom is 0.259 e. The number of amides is 1. The van der Waals surface area contributed by atoms with Gasteiger partial charge in [-0.15, -0.1) is 0 Å². The maximum atomic E-state index is 12.3. The SMILES string of the molecule is CCOc1ccccc1C(=O)Nc1ccc(Cl)cc1Cl. The summed E-state index contributed by atoms with van der Waals surface area (Å²) in [5.41, 5.74) is 0.965. The first kappa shape index (κ1) is 14.7. The monoisotopic (exact) mass is 309 g/mol. The first-order valence-corrected chi connectivity index (χ1v) is 6.85. The Balaban J connectivity index is 2.24. The van der Waals surface area contributed by atoms with E-state index < -0.39 is 0 Å². The van der Waals surface area contributed by atoms with Gasteiger partial charge in [0.15, 0.2) is 0 Å². The molecule has 0 heterocycles. The lowest BCUT2D eigenvalue weighted by Crippen LogP contribution is -2.13. The second-order valence-electron chi connectivity index (χ2n) is 4.01. The number of rotatable bonds is 4. The molecule has 2 rings (SSSR count). The lowest BCUT2D eigenvalue weighted by atomic mass is 10.2. The molecule has 3 nitrogen and oxygen atoms in total. The average Bonchev–Trinajstić information content (AvgIpc) is 2.43. The highest BCUT2D eigenvalue weighted by atomic mass is 35.5. The van der Waals surface area contributed by atoms with E-state index in [0.29, 0.717) is 33.7 Å². The molecule has 104 valence electrons. The number of benzene rings is 2. The minimum Gasteiger partial charge on any atom is -0.493 e. The normalized spacial score (nSPS) is 10.2. The van der Waals surface area contributed by atoms with Gasteiger partial charge in [0.2, 0.25) is 0 Å². The standard InChI is InChI=1S/C15H13Cl2NO2/c1-2-20-14-6-4-3-5-11(14)15(19)18-13-8-7-10(16)9-12(13)17/h3-9H,2H2,1H3,(H,18,19). The van der Waals surface area contributed by atoms with E-state index in [1.54, 1.807) is 36.4 Å². The van der Waals surface area contributed by atoms with Crippen LogP contribution in [-0.2, 0) is 0 Å². The molecule has 5 heteroatoms. The van der Waals surface area contributed by atoms with E-state index in [0.717, 1.165) is 0 Å². The minimum absolute atomic E-state index is 0.279. The molecule has 0 saturated heterocycles. The third-order valence-electron chi connectivity index (χ3n) is 2.61. The molecule has 1 N–H and O–H groups in total. The largest absolute Gasteiger partial charge is 0.493 e. The number of hydrogen-bond acceptors (Lipinski definition) is 2. The van der Waals surface area contributed by atoms with Crippen LogP contribution in [0.5, 0.6) is 5.75 Å². The van der Waals surface area contributed by atoms with Crippen LogP contribution in [0.4, 0.5) is 5.69 Å². The Kier molecular flexibility index (Phi) is 4.88. The van der Waals surface area contributed by atoms with Crippen LogP contribution >= 0.6 is 23.2 Å². The van der Waals surface area contributed by atoms with Crippen LogP contribution in [0.3, 0.4) is 0 Å². The Morgan fingerprint density at radius 2 is 1.95 bits per heavy atom. The van der Waals surface area contributed by atoms with Gasteiger partial charge in [0.1, 0.15) is 5.75 Å². The first-order valence-electron chi connectivity index (χ1n) is 6.10. The Labute approximate surface area is 127 Å². The molecule has 2 aromatic carbocycles. The highest BCUT2D eigenvalue weighted by molar-refractivity contribution is 6.36. The molecule has 0 radical (unpaired) electrons. The van der Waals surface area contributed by atoms with Gasteiger partial charge < -0.3 is 10.1 Å². The molecule has 0 aliphatic rings. The molecule has 1 amide bonds. The Morgan fingerprint density at radius 1 is 1.20 bits per heavy atom. The summed E-state index contributed by atoms with van der Waals surface area (Å²) < 4.78 is 5.43. The second kappa shape index (κ2) is 6.64. The second-order valence-corrected chi connectivity index (χ2v) is 4.85. The number of anilines is 1. The summed E-state index contributed by atoms with van der Waals surface area (Å²) in [6.07, 6.45) is 0. The first-order chi connectivity index (χ1) is 9.61. The number of hydrogen-bond donors (Lipinski definition) is 1.